The first-order chi connectivity index (χ1) is 14.4. The van der Waals surface area contributed by atoms with Gasteiger partial charge in [-0.15, -0.1) is 0 Å². The maximum absolute atomic E-state index is 12.2. The van der Waals surface area contributed by atoms with Crippen molar-refractivity contribution >= 4 is 54.2 Å². The van der Waals surface area contributed by atoms with Gasteiger partial charge >= 0.3 is 0 Å². The molecule has 156 valence electrons. The second-order valence-corrected chi connectivity index (χ2v) is 9.67. The van der Waals surface area contributed by atoms with Crippen molar-refractivity contribution in [2.24, 2.45) is 0 Å². The third-order valence-electron chi connectivity index (χ3n) is 4.53. The van der Waals surface area contributed by atoms with Crippen LogP contribution >= 0.6 is 11.3 Å². The van der Waals surface area contributed by atoms with Crippen LogP contribution in [0.1, 0.15) is 16.8 Å². The molecule has 3 aromatic rings. The van der Waals surface area contributed by atoms with Gasteiger partial charge in [0.1, 0.15) is 0 Å². The summed E-state index contributed by atoms with van der Waals surface area (Å²) in [5.74, 6) is -0.798. The number of carbonyl (C=O) groups is 2. The van der Waals surface area contributed by atoms with E-state index in [4.69, 9.17) is 0 Å². The summed E-state index contributed by atoms with van der Waals surface area (Å²) in [4.78, 5) is 28.6. The maximum atomic E-state index is 12.2. The minimum absolute atomic E-state index is 0.0497. The molecule has 0 radical (unpaired) electrons. The molecule has 1 aromatic heterocycles. The molecule has 1 saturated heterocycles. The summed E-state index contributed by atoms with van der Waals surface area (Å²) in [6, 6.07) is 13.8. The number of hydrogen-bond donors (Lipinski definition) is 3. The summed E-state index contributed by atoms with van der Waals surface area (Å²) in [7, 11) is -3.27. The maximum Gasteiger partial charge on any atom is 0.269 e. The zero-order chi connectivity index (χ0) is 21.1. The van der Waals surface area contributed by atoms with Crippen molar-refractivity contribution in [3.05, 3.63) is 54.1 Å². The number of hydrazine groups is 1. The van der Waals surface area contributed by atoms with Crippen molar-refractivity contribution in [1.82, 2.24) is 15.8 Å². The molecule has 0 spiro atoms. The van der Waals surface area contributed by atoms with Gasteiger partial charge in [-0.2, -0.15) is 0 Å². The highest BCUT2D eigenvalue weighted by atomic mass is 32.2. The van der Waals surface area contributed by atoms with Crippen molar-refractivity contribution in [3.63, 3.8) is 0 Å². The van der Waals surface area contributed by atoms with Gasteiger partial charge in [-0.1, -0.05) is 23.5 Å². The molecule has 4 rings (SSSR count). The molecule has 1 fully saturated rings. The molecule has 1 aliphatic heterocycles. The van der Waals surface area contributed by atoms with E-state index in [2.05, 4.69) is 21.2 Å². The Kier molecular flexibility index (Phi) is 5.55. The van der Waals surface area contributed by atoms with Crippen LogP contribution in [0, 0.1) is 0 Å². The summed E-state index contributed by atoms with van der Waals surface area (Å²) in [6.45, 7) is 0.386. The number of sulfonamides is 1. The molecule has 1 aliphatic rings. The van der Waals surface area contributed by atoms with Crippen molar-refractivity contribution in [1.29, 1.82) is 0 Å². The second-order valence-electron chi connectivity index (χ2n) is 6.63. The van der Waals surface area contributed by atoms with Crippen LogP contribution in [0.4, 0.5) is 10.8 Å². The fraction of sp³-hybridized carbons (Fsp3) is 0.211. The topological polar surface area (TPSA) is 120 Å². The van der Waals surface area contributed by atoms with Gasteiger partial charge in [0, 0.05) is 12.1 Å². The first kappa shape index (κ1) is 20.1. The molecule has 3 N–H and O–H groups in total. The number of para-hydroxylation sites is 1. The van der Waals surface area contributed by atoms with Gasteiger partial charge in [-0.05, 0) is 42.8 Å². The lowest BCUT2D eigenvalue weighted by Gasteiger charge is -2.17. The summed E-state index contributed by atoms with van der Waals surface area (Å²) in [5, 5.41) is 3.54. The predicted octanol–water partition coefficient (Wildman–Crippen LogP) is 1.71. The fourth-order valence-electron chi connectivity index (χ4n) is 3.06. The standard InChI is InChI=1S/C19H19N5O4S2/c25-17(12-20-19-21-15-4-1-2-5-16(15)29-19)22-23-18(26)13-6-8-14(9-7-13)24-10-3-11-30(24,27)28/h1-2,4-9H,3,10-12H2,(H,20,21)(H,22,25)(H,23,26). The Labute approximate surface area is 177 Å². The highest BCUT2D eigenvalue weighted by Crippen LogP contribution is 2.25. The number of carbonyl (C=O) groups excluding carboxylic acids is 2. The van der Waals surface area contributed by atoms with E-state index in [1.54, 1.807) is 12.1 Å². The number of nitrogens with one attached hydrogen (secondary N) is 3. The van der Waals surface area contributed by atoms with E-state index in [0.29, 0.717) is 29.3 Å². The Morgan fingerprint density at radius 2 is 1.83 bits per heavy atom. The normalized spacial score (nSPS) is 15.1. The quantitative estimate of drug-likeness (QED) is 0.514. The number of hydrogen-bond acceptors (Lipinski definition) is 7. The molecular formula is C19H19N5O4S2. The highest BCUT2D eigenvalue weighted by molar-refractivity contribution is 7.93. The average molecular weight is 446 g/mol. The number of nitrogens with zero attached hydrogens (tertiary/aromatic N) is 2. The minimum atomic E-state index is -3.27. The lowest BCUT2D eigenvalue weighted by molar-refractivity contribution is -0.120. The van der Waals surface area contributed by atoms with E-state index in [1.807, 2.05) is 24.3 Å². The van der Waals surface area contributed by atoms with Crippen LogP contribution in [0.3, 0.4) is 0 Å². The van der Waals surface area contributed by atoms with E-state index < -0.39 is 21.8 Å². The number of aromatic nitrogens is 1. The third-order valence-corrected chi connectivity index (χ3v) is 7.39. The van der Waals surface area contributed by atoms with Crippen molar-refractivity contribution in [2.75, 3.05) is 28.5 Å². The number of anilines is 2. The zero-order valence-corrected chi connectivity index (χ0v) is 17.4. The van der Waals surface area contributed by atoms with Gasteiger partial charge in [0.15, 0.2) is 5.13 Å². The Hall–Kier alpha value is -3.18. The van der Waals surface area contributed by atoms with Gasteiger partial charge in [0.2, 0.25) is 10.0 Å². The average Bonchev–Trinajstić information content (AvgIpc) is 3.32. The zero-order valence-electron chi connectivity index (χ0n) is 15.8. The van der Waals surface area contributed by atoms with Crippen LogP contribution in [-0.2, 0) is 14.8 Å². The third kappa shape index (κ3) is 4.36. The summed E-state index contributed by atoms with van der Waals surface area (Å²) in [5.41, 5.74) is 6.35. The molecule has 2 amide bonds. The number of rotatable bonds is 5. The summed E-state index contributed by atoms with van der Waals surface area (Å²) < 4.78 is 26.3. The van der Waals surface area contributed by atoms with Gasteiger partial charge in [-0.25, -0.2) is 13.4 Å². The second kappa shape index (κ2) is 8.28. The molecule has 9 nitrogen and oxygen atoms in total. The van der Waals surface area contributed by atoms with Crippen LogP contribution in [0.25, 0.3) is 10.2 Å². The molecule has 0 bridgehead atoms. The Morgan fingerprint density at radius 1 is 1.07 bits per heavy atom. The lowest BCUT2D eigenvalue weighted by atomic mass is 10.2. The molecule has 2 heterocycles. The van der Waals surface area contributed by atoms with E-state index in [1.165, 1.54) is 27.8 Å². The molecule has 2 aromatic carbocycles. The van der Waals surface area contributed by atoms with E-state index in [0.717, 1.165) is 10.2 Å². The largest absolute Gasteiger partial charge is 0.352 e. The Morgan fingerprint density at radius 3 is 2.53 bits per heavy atom. The van der Waals surface area contributed by atoms with Crippen molar-refractivity contribution in [2.45, 2.75) is 6.42 Å². The fourth-order valence-corrected chi connectivity index (χ4v) is 5.48. The highest BCUT2D eigenvalue weighted by Gasteiger charge is 2.28. The molecule has 30 heavy (non-hydrogen) atoms. The monoisotopic (exact) mass is 445 g/mol. The summed E-state index contributed by atoms with van der Waals surface area (Å²) in [6.07, 6.45) is 0.585. The Balaban J connectivity index is 1.28. The van der Waals surface area contributed by atoms with Crippen LogP contribution < -0.4 is 20.5 Å². The van der Waals surface area contributed by atoms with Gasteiger partial charge in [-0.3, -0.25) is 24.7 Å². The summed E-state index contributed by atoms with van der Waals surface area (Å²) >= 11 is 1.44. The van der Waals surface area contributed by atoms with Gasteiger partial charge in [0.25, 0.3) is 11.8 Å². The SMILES string of the molecule is O=C(CNc1nc2ccccc2s1)NNC(=O)c1ccc(N2CCCS2(=O)=O)cc1. The van der Waals surface area contributed by atoms with Crippen molar-refractivity contribution in [3.8, 4) is 0 Å². The number of benzene rings is 2. The van der Waals surface area contributed by atoms with E-state index >= 15 is 0 Å². The minimum Gasteiger partial charge on any atom is -0.352 e. The van der Waals surface area contributed by atoms with Crippen LogP contribution in [0.15, 0.2) is 48.5 Å². The van der Waals surface area contributed by atoms with Crippen molar-refractivity contribution < 1.29 is 18.0 Å². The van der Waals surface area contributed by atoms with Crippen LogP contribution in [0.5, 0.6) is 0 Å². The molecule has 0 saturated carbocycles. The predicted molar refractivity (Wildman–Crippen MR) is 116 cm³/mol. The van der Waals surface area contributed by atoms with Crippen LogP contribution in [0.2, 0.25) is 0 Å². The Bertz CT molecular complexity index is 1160. The first-order valence-corrected chi connectivity index (χ1v) is 11.6. The van der Waals surface area contributed by atoms with E-state index in [-0.39, 0.29) is 12.3 Å². The lowest BCUT2D eigenvalue weighted by Crippen LogP contribution is -2.44. The number of fused-ring (bicyclic) bond motifs is 1. The smallest absolute Gasteiger partial charge is 0.269 e. The number of amides is 2. The molecule has 0 aliphatic carbocycles. The molecule has 11 heteroatoms. The van der Waals surface area contributed by atoms with Gasteiger partial charge in [0.05, 0.1) is 28.2 Å². The van der Waals surface area contributed by atoms with Gasteiger partial charge < -0.3 is 5.32 Å². The number of thiazole rings is 1. The molecule has 0 atom stereocenters. The molecule has 0 unspecified atom stereocenters. The molecular weight excluding hydrogens is 426 g/mol. The van der Waals surface area contributed by atoms with E-state index in [9.17, 15) is 18.0 Å². The first-order valence-electron chi connectivity index (χ1n) is 9.21. The van der Waals surface area contributed by atoms with Crippen LogP contribution in [-0.4, -0.2) is 44.1 Å².